The molecule has 0 saturated carbocycles. The lowest BCUT2D eigenvalue weighted by molar-refractivity contribution is -0.0493. The molecule has 166 valence electrons. The van der Waals surface area contributed by atoms with Crippen LogP contribution < -0.4 is 14.2 Å². The van der Waals surface area contributed by atoms with E-state index in [4.69, 9.17) is 4.74 Å². The summed E-state index contributed by atoms with van der Waals surface area (Å²) in [5, 5.41) is 0. The molecule has 30 heavy (non-hydrogen) atoms. The van der Waals surface area contributed by atoms with Crippen molar-refractivity contribution in [2.75, 3.05) is 32.0 Å². The van der Waals surface area contributed by atoms with Gasteiger partial charge in [-0.2, -0.15) is 8.78 Å². The van der Waals surface area contributed by atoms with Gasteiger partial charge in [-0.1, -0.05) is 6.07 Å². The second kappa shape index (κ2) is 9.80. The Bertz CT molecular complexity index is 989. The van der Waals surface area contributed by atoms with Crippen LogP contribution in [0.5, 0.6) is 11.5 Å². The van der Waals surface area contributed by atoms with Crippen molar-refractivity contribution in [1.29, 1.82) is 0 Å². The van der Waals surface area contributed by atoms with Gasteiger partial charge in [-0.25, -0.2) is 8.42 Å². The summed E-state index contributed by atoms with van der Waals surface area (Å²) in [6.07, 6.45) is 0.897. The van der Waals surface area contributed by atoms with Gasteiger partial charge in [0.2, 0.25) is 0 Å². The van der Waals surface area contributed by atoms with E-state index < -0.39 is 16.6 Å². The number of sulfonamides is 1. The molecule has 0 radical (unpaired) electrons. The summed E-state index contributed by atoms with van der Waals surface area (Å²) in [5.74, 6) is 0.545. The maximum Gasteiger partial charge on any atom is 0.387 e. The molecule has 0 amide bonds. The van der Waals surface area contributed by atoms with Gasteiger partial charge in [0.1, 0.15) is 11.5 Å². The van der Waals surface area contributed by atoms with Gasteiger partial charge in [-0.15, -0.1) is 12.4 Å². The van der Waals surface area contributed by atoms with Crippen molar-refractivity contribution in [2.24, 2.45) is 0 Å². The number of anilines is 1. The van der Waals surface area contributed by atoms with E-state index in [9.17, 15) is 17.2 Å². The molecule has 1 fully saturated rings. The SMILES string of the molecule is COc1ccc(S(=O)(=O)Nc2cc(C)ccc2OC(F)F)cc1C1CCN(C)C1.Cl. The van der Waals surface area contributed by atoms with Crippen molar-refractivity contribution in [3.63, 3.8) is 0 Å². The molecule has 1 N–H and O–H groups in total. The molecule has 2 aromatic carbocycles. The van der Waals surface area contributed by atoms with Crippen molar-refractivity contribution in [2.45, 2.75) is 30.8 Å². The molecule has 1 saturated heterocycles. The quantitative estimate of drug-likeness (QED) is 0.666. The van der Waals surface area contributed by atoms with E-state index in [0.717, 1.165) is 25.1 Å². The van der Waals surface area contributed by atoms with Crippen molar-refractivity contribution in [1.82, 2.24) is 4.90 Å². The molecular weight excluding hydrogens is 438 g/mol. The highest BCUT2D eigenvalue weighted by Crippen LogP contribution is 2.36. The number of halogens is 3. The van der Waals surface area contributed by atoms with Gasteiger partial charge in [-0.05, 0) is 68.4 Å². The highest BCUT2D eigenvalue weighted by molar-refractivity contribution is 7.92. The van der Waals surface area contributed by atoms with Gasteiger partial charge in [0.25, 0.3) is 10.0 Å². The Labute approximate surface area is 181 Å². The maximum atomic E-state index is 13.0. The van der Waals surface area contributed by atoms with Gasteiger partial charge >= 0.3 is 6.61 Å². The number of hydrogen-bond donors (Lipinski definition) is 1. The zero-order chi connectivity index (χ0) is 21.2. The van der Waals surface area contributed by atoms with Crippen LogP contribution in [0.25, 0.3) is 0 Å². The number of likely N-dealkylation sites (tertiary alicyclic amines) is 1. The van der Waals surface area contributed by atoms with Gasteiger partial charge in [-0.3, -0.25) is 4.72 Å². The third kappa shape index (κ3) is 5.53. The Morgan fingerprint density at radius 1 is 1.17 bits per heavy atom. The van der Waals surface area contributed by atoms with Crippen LogP contribution in [0.2, 0.25) is 0 Å². The summed E-state index contributed by atoms with van der Waals surface area (Å²) in [4.78, 5) is 2.21. The normalized spacial score (nSPS) is 16.9. The number of nitrogens with one attached hydrogen (secondary N) is 1. The first-order chi connectivity index (χ1) is 13.7. The molecule has 1 aliphatic heterocycles. The fourth-order valence-corrected chi connectivity index (χ4v) is 4.61. The second-order valence-corrected chi connectivity index (χ2v) is 8.82. The highest BCUT2D eigenvalue weighted by atomic mass is 35.5. The Kier molecular flexibility index (Phi) is 7.90. The van der Waals surface area contributed by atoms with Crippen molar-refractivity contribution >= 4 is 28.1 Å². The van der Waals surface area contributed by atoms with Crippen LogP contribution in [0.3, 0.4) is 0 Å². The molecular formula is C20H25ClF2N2O4S. The van der Waals surface area contributed by atoms with Crippen molar-refractivity contribution in [3.05, 3.63) is 47.5 Å². The Balaban J connectivity index is 0.00000320. The Hall–Kier alpha value is -2.10. The number of rotatable bonds is 7. The molecule has 1 heterocycles. The molecule has 0 bridgehead atoms. The summed E-state index contributed by atoms with van der Waals surface area (Å²) in [6, 6.07) is 8.98. The monoisotopic (exact) mass is 462 g/mol. The minimum Gasteiger partial charge on any atom is -0.496 e. The third-order valence-electron chi connectivity index (χ3n) is 4.94. The molecule has 6 nitrogen and oxygen atoms in total. The minimum atomic E-state index is -4.02. The topological polar surface area (TPSA) is 67.9 Å². The van der Waals surface area contributed by atoms with E-state index in [0.29, 0.717) is 11.3 Å². The molecule has 1 atom stereocenters. The summed E-state index contributed by atoms with van der Waals surface area (Å²) in [5.41, 5.74) is 1.48. The van der Waals surface area contributed by atoms with Crippen LogP contribution in [-0.4, -0.2) is 47.2 Å². The average Bonchev–Trinajstić information content (AvgIpc) is 3.09. The van der Waals surface area contributed by atoms with Crippen molar-refractivity contribution < 1.29 is 26.7 Å². The van der Waals surface area contributed by atoms with E-state index in [1.165, 1.54) is 18.2 Å². The van der Waals surface area contributed by atoms with Crippen LogP contribution in [0.4, 0.5) is 14.5 Å². The molecule has 0 spiro atoms. The van der Waals surface area contributed by atoms with Gasteiger partial charge in [0.15, 0.2) is 0 Å². The van der Waals surface area contributed by atoms with E-state index in [1.807, 2.05) is 7.05 Å². The lowest BCUT2D eigenvalue weighted by Gasteiger charge is -2.18. The second-order valence-electron chi connectivity index (χ2n) is 7.14. The summed E-state index contributed by atoms with van der Waals surface area (Å²) >= 11 is 0. The van der Waals surface area contributed by atoms with E-state index in [-0.39, 0.29) is 34.7 Å². The first-order valence-corrected chi connectivity index (χ1v) is 10.6. The van der Waals surface area contributed by atoms with Crippen LogP contribution in [0.1, 0.15) is 23.5 Å². The van der Waals surface area contributed by atoms with Crippen LogP contribution in [-0.2, 0) is 10.0 Å². The predicted molar refractivity (Wildman–Crippen MR) is 114 cm³/mol. The molecule has 0 aromatic heterocycles. The summed E-state index contributed by atoms with van der Waals surface area (Å²) < 4.78 is 63.6. The number of ether oxygens (including phenoxy) is 2. The fourth-order valence-electron chi connectivity index (χ4n) is 3.51. The Morgan fingerprint density at radius 2 is 1.87 bits per heavy atom. The number of likely N-dealkylation sites (N-methyl/N-ethyl adjacent to an activating group) is 1. The molecule has 0 aliphatic carbocycles. The first kappa shape index (κ1) is 24.2. The van der Waals surface area contributed by atoms with Crippen molar-refractivity contribution in [3.8, 4) is 11.5 Å². The minimum absolute atomic E-state index is 0. The number of methoxy groups -OCH3 is 1. The van der Waals surface area contributed by atoms with Crippen LogP contribution in [0, 0.1) is 6.92 Å². The maximum absolute atomic E-state index is 13.0. The zero-order valence-electron chi connectivity index (χ0n) is 16.9. The van der Waals surface area contributed by atoms with E-state index in [1.54, 1.807) is 32.2 Å². The number of nitrogens with zero attached hydrogens (tertiary/aromatic N) is 1. The first-order valence-electron chi connectivity index (χ1n) is 9.14. The largest absolute Gasteiger partial charge is 0.496 e. The van der Waals surface area contributed by atoms with Gasteiger partial charge in [0, 0.05) is 12.5 Å². The van der Waals surface area contributed by atoms with E-state index >= 15 is 0 Å². The smallest absolute Gasteiger partial charge is 0.387 e. The van der Waals surface area contributed by atoms with Crippen LogP contribution >= 0.6 is 12.4 Å². The summed E-state index contributed by atoms with van der Waals surface area (Å²) in [7, 11) is -0.466. The van der Waals surface area contributed by atoms with Crippen LogP contribution in [0.15, 0.2) is 41.3 Å². The molecule has 1 aliphatic rings. The molecule has 2 aromatic rings. The van der Waals surface area contributed by atoms with Gasteiger partial charge in [0.05, 0.1) is 17.7 Å². The predicted octanol–water partition coefficient (Wildman–Crippen LogP) is 4.25. The Morgan fingerprint density at radius 3 is 2.47 bits per heavy atom. The average molecular weight is 463 g/mol. The highest BCUT2D eigenvalue weighted by Gasteiger charge is 2.26. The number of alkyl halides is 2. The van der Waals surface area contributed by atoms with Gasteiger partial charge < -0.3 is 14.4 Å². The molecule has 3 rings (SSSR count). The standard InChI is InChI=1S/C20H24F2N2O4S.ClH/c1-13-4-6-19(28-20(21)22)17(10-13)23-29(25,26)15-5-7-18(27-3)16(11-15)14-8-9-24(2)12-14;/h4-7,10-11,14,20,23H,8-9,12H2,1-3H3;1H. The number of aryl methyl sites for hydroxylation is 1. The third-order valence-corrected chi connectivity index (χ3v) is 6.30. The lowest BCUT2D eigenvalue weighted by atomic mass is 9.97. The summed E-state index contributed by atoms with van der Waals surface area (Å²) in [6.45, 7) is 0.387. The lowest BCUT2D eigenvalue weighted by Crippen LogP contribution is -2.16. The molecule has 10 heteroatoms. The molecule has 1 unspecified atom stereocenters. The number of hydrogen-bond acceptors (Lipinski definition) is 5. The zero-order valence-corrected chi connectivity index (χ0v) is 18.5. The van der Waals surface area contributed by atoms with E-state index in [2.05, 4.69) is 14.4 Å². The fraction of sp³-hybridized carbons (Fsp3) is 0.400. The number of benzene rings is 2.